The number of esters is 1. The van der Waals surface area contributed by atoms with Crippen molar-refractivity contribution in [3.63, 3.8) is 0 Å². The molecule has 0 aromatic rings. The van der Waals surface area contributed by atoms with E-state index in [0.29, 0.717) is 5.75 Å². The number of carbonyl (C=O) groups is 1. The summed E-state index contributed by atoms with van der Waals surface area (Å²) >= 11 is 1.53. The van der Waals surface area contributed by atoms with Gasteiger partial charge < -0.3 is 9.84 Å². The van der Waals surface area contributed by atoms with E-state index < -0.39 is 5.60 Å². The number of hydrogen-bond donors (Lipinski definition) is 1. The summed E-state index contributed by atoms with van der Waals surface area (Å²) in [7, 11) is 0. The molecule has 94 valence electrons. The predicted octanol–water partition coefficient (Wildman–Crippen LogP) is 2.36. The normalized spacial score (nSPS) is 26.5. The van der Waals surface area contributed by atoms with Gasteiger partial charge in [-0.25, -0.2) is 0 Å². The first-order valence-corrected chi connectivity index (χ1v) is 6.95. The van der Waals surface area contributed by atoms with Crippen molar-refractivity contribution in [2.75, 3.05) is 5.75 Å². The van der Waals surface area contributed by atoms with Gasteiger partial charge in [0.2, 0.25) is 0 Å². The molecule has 0 saturated heterocycles. The van der Waals surface area contributed by atoms with E-state index in [2.05, 4.69) is 0 Å². The molecule has 0 aliphatic heterocycles. The second-order valence-corrected chi connectivity index (χ2v) is 6.52. The third-order valence-electron chi connectivity index (χ3n) is 2.50. The van der Waals surface area contributed by atoms with Crippen LogP contribution >= 0.6 is 11.8 Å². The van der Waals surface area contributed by atoms with Crippen molar-refractivity contribution in [2.45, 2.75) is 63.4 Å². The molecule has 1 saturated carbocycles. The number of rotatable bonds is 3. The number of ether oxygens (including phenoxy) is 1. The second-order valence-electron chi connectivity index (χ2n) is 5.29. The zero-order valence-electron chi connectivity index (χ0n) is 10.4. The van der Waals surface area contributed by atoms with Crippen LogP contribution in [0.4, 0.5) is 0 Å². The van der Waals surface area contributed by atoms with E-state index in [9.17, 15) is 9.90 Å². The van der Waals surface area contributed by atoms with Crippen LogP contribution in [0.25, 0.3) is 0 Å². The van der Waals surface area contributed by atoms with Crippen molar-refractivity contribution in [2.24, 2.45) is 0 Å². The molecular weight excluding hydrogens is 224 g/mol. The molecule has 1 aliphatic carbocycles. The molecule has 1 fully saturated rings. The van der Waals surface area contributed by atoms with Gasteiger partial charge >= 0.3 is 5.97 Å². The zero-order chi connectivity index (χ0) is 12.2. The third kappa shape index (κ3) is 5.21. The molecule has 1 N–H and O–H groups in total. The Balaban J connectivity index is 2.25. The number of carbonyl (C=O) groups excluding carboxylic acids is 1. The molecule has 4 heteroatoms. The quantitative estimate of drug-likeness (QED) is 0.777. The van der Waals surface area contributed by atoms with Crippen LogP contribution in [0.5, 0.6) is 0 Å². The summed E-state index contributed by atoms with van der Waals surface area (Å²) in [5.74, 6) is 0.161. The average Bonchev–Trinajstić information content (AvgIpc) is 2.14. The first-order chi connectivity index (χ1) is 7.38. The fourth-order valence-electron chi connectivity index (χ4n) is 1.82. The lowest BCUT2D eigenvalue weighted by molar-refractivity contribution is -0.151. The smallest absolute Gasteiger partial charge is 0.316 e. The minimum absolute atomic E-state index is 0.185. The van der Waals surface area contributed by atoms with Gasteiger partial charge in [-0.2, -0.15) is 0 Å². The number of aliphatic hydroxyl groups is 1. The minimum Gasteiger partial charge on any atom is -0.459 e. The lowest BCUT2D eigenvalue weighted by Gasteiger charge is -2.27. The Morgan fingerprint density at radius 2 is 2.00 bits per heavy atom. The molecular formula is C12H22O3S. The fourth-order valence-corrected chi connectivity index (χ4v) is 2.92. The Hall–Kier alpha value is -0.220. The zero-order valence-corrected chi connectivity index (χ0v) is 11.2. The van der Waals surface area contributed by atoms with E-state index in [1.165, 1.54) is 11.8 Å². The Labute approximate surface area is 102 Å². The summed E-state index contributed by atoms with van der Waals surface area (Å²) in [5, 5.41) is 9.95. The van der Waals surface area contributed by atoms with Crippen molar-refractivity contribution in [1.29, 1.82) is 0 Å². The van der Waals surface area contributed by atoms with Gasteiger partial charge in [-0.1, -0.05) is 12.8 Å². The lowest BCUT2D eigenvalue weighted by Crippen LogP contribution is -2.30. The van der Waals surface area contributed by atoms with E-state index in [-0.39, 0.29) is 17.3 Å². The lowest BCUT2D eigenvalue weighted by atomic mass is 9.97. The third-order valence-corrected chi connectivity index (χ3v) is 3.88. The van der Waals surface area contributed by atoms with Gasteiger partial charge in [-0.15, -0.1) is 11.8 Å². The molecule has 0 aromatic carbocycles. The van der Waals surface area contributed by atoms with Gasteiger partial charge in [0.05, 0.1) is 11.9 Å². The molecule has 0 heterocycles. The molecule has 0 aromatic heterocycles. The Kier molecular flexibility index (Phi) is 5.12. The van der Waals surface area contributed by atoms with E-state index in [1.54, 1.807) is 0 Å². The molecule has 2 atom stereocenters. The van der Waals surface area contributed by atoms with Crippen LogP contribution in [0, 0.1) is 0 Å². The monoisotopic (exact) mass is 246 g/mol. The van der Waals surface area contributed by atoms with Crippen LogP contribution in [-0.4, -0.2) is 33.8 Å². The van der Waals surface area contributed by atoms with Gasteiger partial charge in [0, 0.05) is 5.25 Å². The van der Waals surface area contributed by atoms with Gasteiger partial charge in [0.15, 0.2) is 0 Å². The predicted molar refractivity (Wildman–Crippen MR) is 66.6 cm³/mol. The van der Waals surface area contributed by atoms with Crippen molar-refractivity contribution in [3.8, 4) is 0 Å². The second kappa shape index (κ2) is 5.92. The Morgan fingerprint density at radius 1 is 1.38 bits per heavy atom. The van der Waals surface area contributed by atoms with Gasteiger partial charge in [0.1, 0.15) is 5.60 Å². The largest absolute Gasteiger partial charge is 0.459 e. The number of hydrogen-bond acceptors (Lipinski definition) is 4. The fraction of sp³-hybridized carbons (Fsp3) is 0.917. The summed E-state index contributed by atoms with van der Waals surface area (Å²) in [6.07, 6.45) is 3.88. The maximum atomic E-state index is 11.5. The molecule has 0 amide bonds. The summed E-state index contributed by atoms with van der Waals surface area (Å²) in [5.41, 5.74) is -0.414. The van der Waals surface area contributed by atoms with Crippen LogP contribution < -0.4 is 0 Å². The minimum atomic E-state index is -0.414. The summed E-state index contributed by atoms with van der Waals surface area (Å²) in [4.78, 5) is 11.5. The molecule has 1 rings (SSSR count). The van der Waals surface area contributed by atoms with Crippen molar-refractivity contribution < 1.29 is 14.6 Å². The number of thioether (sulfide) groups is 1. The van der Waals surface area contributed by atoms with Gasteiger partial charge in [0.25, 0.3) is 0 Å². The van der Waals surface area contributed by atoms with Crippen LogP contribution in [0.15, 0.2) is 0 Å². The topological polar surface area (TPSA) is 46.5 Å². The van der Waals surface area contributed by atoms with Crippen LogP contribution in [0.1, 0.15) is 46.5 Å². The SMILES string of the molecule is CC(C)(C)OC(=O)CSC1CCCCC1O. The molecule has 0 radical (unpaired) electrons. The van der Waals surface area contributed by atoms with Crippen molar-refractivity contribution in [3.05, 3.63) is 0 Å². The molecule has 16 heavy (non-hydrogen) atoms. The molecule has 0 spiro atoms. The average molecular weight is 246 g/mol. The molecule has 0 bridgehead atoms. The van der Waals surface area contributed by atoms with E-state index in [1.807, 2.05) is 20.8 Å². The van der Waals surface area contributed by atoms with Crippen LogP contribution in [-0.2, 0) is 9.53 Å². The van der Waals surface area contributed by atoms with Crippen LogP contribution in [0.3, 0.4) is 0 Å². The number of aliphatic hydroxyl groups excluding tert-OH is 1. The highest BCUT2D eigenvalue weighted by atomic mass is 32.2. The standard InChI is InChI=1S/C12H22O3S/c1-12(2,3)15-11(14)8-16-10-7-5-4-6-9(10)13/h9-10,13H,4-8H2,1-3H3. The highest BCUT2D eigenvalue weighted by molar-refractivity contribution is 8.00. The van der Waals surface area contributed by atoms with Gasteiger partial charge in [-0.3, -0.25) is 4.79 Å². The summed E-state index contributed by atoms with van der Waals surface area (Å²) in [6.45, 7) is 5.60. The molecule has 1 aliphatic rings. The highest BCUT2D eigenvalue weighted by Gasteiger charge is 2.25. The first kappa shape index (κ1) is 13.8. The highest BCUT2D eigenvalue weighted by Crippen LogP contribution is 2.28. The molecule has 3 nitrogen and oxygen atoms in total. The Morgan fingerprint density at radius 3 is 2.56 bits per heavy atom. The van der Waals surface area contributed by atoms with E-state index >= 15 is 0 Å². The summed E-state index contributed by atoms with van der Waals surface area (Å²) in [6, 6.07) is 0. The maximum absolute atomic E-state index is 11.5. The first-order valence-electron chi connectivity index (χ1n) is 5.90. The maximum Gasteiger partial charge on any atom is 0.316 e. The van der Waals surface area contributed by atoms with Gasteiger partial charge in [-0.05, 0) is 33.6 Å². The van der Waals surface area contributed by atoms with E-state index in [0.717, 1.165) is 25.7 Å². The van der Waals surface area contributed by atoms with Crippen molar-refractivity contribution in [1.82, 2.24) is 0 Å². The van der Waals surface area contributed by atoms with Crippen LogP contribution in [0.2, 0.25) is 0 Å². The van der Waals surface area contributed by atoms with E-state index in [4.69, 9.17) is 4.74 Å². The summed E-state index contributed by atoms with van der Waals surface area (Å²) < 4.78 is 5.22. The molecule has 2 unspecified atom stereocenters. The van der Waals surface area contributed by atoms with Crippen molar-refractivity contribution >= 4 is 17.7 Å². The Bertz CT molecular complexity index is 235.